The average molecular weight is 444 g/mol. The number of methoxy groups -OCH3 is 2. The number of hydrogen-bond donors (Lipinski definition) is 2. The maximum absolute atomic E-state index is 12.8. The lowest BCUT2D eigenvalue weighted by molar-refractivity contribution is -0.125. The Bertz CT molecular complexity index is 1260. The molecule has 8 heteroatoms. The van der Waals surface area contributed by atoms with E-state index < -0.39 is 0 Å². The Morgan fingerprint density at radius 1 is 1.15 bits per heavy atom. The fourth-order valence-electron chi connectivity index (χ4n) is 3.88. The van der Waals surface area contributed by atoms with E-state index in [2.05, 4.69) is 27.9 Å². The van der Waals surface area contributed by atoms with Gasteiger partial charge in [-0.25, -0.2) is 4.98 Å². The minimum Gasteiger partial charge on any atom is -0.493 e. The monoisotopic (exact) mass is 443 g/mol. The van der Waals surface area contributed by atoms with Gasteiger partial charge in [-0.1, -0.05) is 30.2 Å². The molecule has 0 radical (unpaired) electrons. The second-order valence-corrected chi connectivity index (χ2v) is 7.69. The molecule has 3 aromatic rings. The summed E-state index contributed by atoms with van der Waals surface area (Å²) in [7, 11) is 3.09. The van der Waals surface area contributed by atoms with Crippen LogP contribution in [0.3, 0.4) is 0 Å². The van der Waals surface area contributed by atoms with Crippen LogP contribution in [0.15, 0.2) is 42.6 Å². The number of nitrogen functional groups attached to an aromatic ring is 2. The molecule has 4 rings (SSSR count). The molecule has 2 aromatic carbocycles. The first-order chi connectivity index (χ1) is 16.0. The van der Waals surface area contributed by atoms with Crippen molar-refractivity contribution in [2.75, 3.05) is 32.2 Å². The highest BCUT2D eigenvalue weighted by atomic mass is 16.5. The highest BCUT2D eigenvalue weighted by Crippen LogP contribution is 2.33. The van der Waals surface area contributed by atoms with Gasteiger partial charge < -0.3 is 25.8 Å². The number of hydrogen-bond acceptors (Lipinski definition) is 7. The summed E-state index contributed by atoms with van der Waals surface area (Å²) in [4.78, 5) is 22.6. The number of nitrogens with zero attached hydrogens (tertiary/aromatic N) is 3. The zero-order valence-corrected chi connectivity index (χ0v) is 18.6. The number of benzene rings is 2. The third kappa shape index (κ3) is 4.83. The summed E-state index contributed by atoms with van der Waals surface area (Å²) in [6.07, 6.45) is 2.86. The van der Waals surface area contributed by atoms with Crippen molar-refractivity contribution in [2.45, 2.75) is 19.4 Å². The van der Waals surface area contributed by atoms with Crippen molar-refractivity contribution in [3.05, 3.63) is 70.4 Å². The molecule has 4 N–H and O–H groups in total. The molecule has 1 amide bonds. The molecular weight excluding hydrogens is 418 g/mol. The molecule has 2 heterocycles. The lowest BCUT2D eigenvalue weighted by atomic mass is 10.00. The van der Waals surface area contributed by atoms with Crippen molar-refractivity contribution in [1.29, 1.82) is 0 Å². The van der Waals surface area contributed by atoms with Crippen LogP contribution < -0.4 is 20.9 Å². The van der Waals surface area contributed by atoms with Gasteiger partial charge in [0.25, 0.3) is 5.91 Å². The summed E-state index contributed by atoms with van der Waals surface area (Å²) in [6, 6.07) is 11.8. The standard InChI is InChI=1S/C25H25N5O3/c1-32-21-13-16(12-20-14-28-25(27)29-24(20)26)11-18(23(21)33-2)7-8-22(31)30-10-9-17-5-3-4-6-19(17)15-30/h3-6,11,13-14H,9-10,12,15H2,1-2H3,(H4,26,27,28,29). The van der Waals surface area contributed by atoms with E-state index in [4.69, 9.17) is 20.9 Å². The minimum absolute atomic E-state index is 0.119. The van der Waals surface area contributed by atoms with Gasteiger partial charge in [0.2, 0.25) is 5.95 Å². The molecule has 0 spiro atoms. The van der Waals surface area contributed by atoms with E-state index in [1.54, 1.807) is 18.2 Å². The van der Waals surface area contributed by atoms with E-state index in [1.165, 1.54) is 12.7 Å². The van der Waals surface area contributed by atoms with Crippen molar-refractivity contribution in [2.24, 2.45) is 0 Å². The van der Waals surface area contributed by atoms with E-state index in [-0.39, 0.29) is 11.9 Å². The van der Waals surface area contributed by atoms with E-state index >= 15 is 0 Å². The topological polar surface area (TPSA) is 117 Å². The summed E-state index contributed by atoms with van der Waals surface area (Å²) in [5.41, 5.74) is 16.1. The van der Waals surface area contributed by atoms with Crippen molar-refractivity contribution in [3.63, 3.8) is 0 Å². The van der Waals surface area contributed by atoms with Crippen LogP contribution in [0.5, 0.6) is 11.5 Å². The number of rotatable bonds is 4. The molecule has 0 aliphatic carbocycles. The van der Waals surface area contributed by atoms with Gasteiger partial charge in [-0.05, 0) is 35.2 Å². The summed E-state index contributed by atoms with van der Waals surface area (Å²) < 4.78 is 11.0. The van der Waals surface area contributed by atoms with Gasteiger partial charge in [0, 0.05) is 37.2 Å². The number of carbonyl (C=O) groups is 1. The zero-order valence-electron chi connectivity index (χ0n) is 18.6. The van der Waals surface area contributed by atoms with Gasteiger partial charge >= 0.3 is 0 Å². The fraction of sp³-hybridized carbons (Fsp3) is 0.240. The molecular formula is C25H25N5O3. The molecule has 0 saturated heterocycles. The molecule has 8 nitrogen and oxygen atoms in total. The Labute approximate surface area is 192 Å². The summed E-state index contributed by atoms with van der Waals surface area (Å²) in [6.45, 7) is 1.20. The maximum Gasteiger partial charge on any atom is 0.299 e. The van der Waals surface area contributed by atoms with E-state index in [0.29, 0.717) is 42.4 Å². The second kappa shape index (κ2) is 9.49. The first-order valence-electron chi connectivity index (χ1n) is 10.5. The number of ether oxygens (including phenoxy) is 2. The number of aromatic nitrogens is 2. The summed E-state index contributed by atoms with van der Waals surface area (Å²) >= 11 is 0. The zero-order chi connectivity index (χ0) is 23.4. The van der Waals surface area contributed by atoms with Crippen molar-refractivity contribution in [3.8, 4) is 23.3 Å². The molecule has 0 fully saturated rings. The molecule has 0 unspecified atom stereocenters. The average Bonchev–Trinajstić information content (AvgIpc) is 2.83. The molecule has 0 saturated carbocycles. The van der Waals surface area contributed by atoms with E-state index in [0.717, 1.165) is 23.1 Å². The van der Waals surface area contributed by atoms with E-state index in [1.807, 2.05) is 30.3 Å². The Kier molecular flexibility index (Phi) is 6.31. The van der Waals surface area contributed by atoms with Crippen LogP contribution in [0.4, 0.5) is 11.8 Å². The van der Waals surface area contributed by atoms with Crippen LogP contribution >= 0.6 is 0 Å². The largest absolute Gasteiger partial charge is 0.493 e. The molecule has 168 valence electrons. The predicted molar refractivity (Wildman–Crippen MR) is 126 cm³/mol. The smallest absolute Gasteiger partial charge is 0.299 e. The lowest BCUT2D eigenvalue weighted by Gasteiger charge is -2.27. The lowest BCUT2D eigenvalue weighted by Crippen LogP contribution is -2.35. The molecule has 1 aromatic heterocycles. The number of anilines is 2. The minimum atomic E-state index is -0.230. The summed E-state index contributed by atoms with van der Waals surface area (Å²) in [5, 5.41) is 0. The molecule has 1 aliphatic rings. The van der Waals surface area contributed by atoms with Gasteiger partial charge in [0.1, 0.15) is 5.82 Å². The second-order valence-electron chi connectivity index (χ2n) is 7.69. The van der Waals surface area contributed by atoms with Gasteiger partial charge in [-0.15, -0.1) is 0 Å². The Balaban J connectivity index is 1.61. The maximum atomic E-state index is 12.8. The highest BCUT2D eigenvalue weighted by molar-refractivity contribution is 5.94. The van der Waals surface area contributed by atoms with Crippen molar-refractivity contribution >= 4 is 17.7 Å². The van der Waals surface area contributed by atoms with E-state index in [9.17, 15) is 4.79 Å². The predicted octanol–water partition coefficient (Wildman–Crippen LogP) is 2.19. The number of fused-ring (bicyclic) bond motifs is 1. The van der Waals surface area contributed by atoms with Crippen LogP contribution in [0.2, 0.25) is 0 Å². The van der Waals surface area contributed by atoms with Gasteiger partial charge in [-0.3, -0.25) is 4.79 Å². The highest BCUT2D eigenvalue weighted by Gasteiger charge is 2.19. The normalized spacial score (nSPS) is 12.4. The van der Waals surface area contributed by atoms with Gasteiger partial charge in [0.05, 0.1) is 19.8 Å². The van der Waals surface area contributed by atoms with Crippen LogP contribution in [-0.4, -0.2) is 41.5 Å². The Morgan fingerprint density at radius 3 is 2.67 bits per heavy atom. The molecule has 0 atom stereocenters. The number of nitrogens with two attached hydrogens (primary N) is 2. The fourth-order valence-corrected chi connectivity index (χ4v) is 3.88. The SMILES string of the molecule is COc1cc(Cc2cnc(N)nc2N)cc(C#CC(=O)N2CCc3ccccc3C2)c1OC. The molecule has 0 bridgehead atoms. The van der Waals surface area contributed by atoms with Crippen LogP contribution in [0.25, 0.3) is 0 Å². The molecule has 33 heavy (non-hydrogen) atoms. The first kappa shape index (κ1) is 22.0. The van der Waals surface area contributed by atoms with Crippen LogP contribution in [-0.2, 0) is 24.2 Å². The van der Waals surface area contributed by atoms with Crippen molar-refractivity contribution in [1.82, 2.24) is 14.9 Å². The number of amides is 1. The quantitative estimate of drug-likeness (QED) is 0.594. The van der Waals surface area contributed by atoms with Gasteiger partial charge in [-0.2, -0.15) is 4.98 Å². The summed E-state index contributed by atoms with van der Waals surface area (Å²) in [5.74, 6) is 6.93. The Morgan fingerprint density at radius 2 is 1.94 bits per heavy atom. The van der Waals surface area contributed by atoms with Crippen LogP contribution in [0, 0.1) is 11.8 Å². The number of carbonyl (C=O) groups excluding carboxylic acids is 1. The van der Waals surface area contributed by atoms with Crippen molar-refractivity contribution < 1.29 is 14.3 Å². The first-order valence-corrected chi connectivity index (χ1v) is 10.5. The van der Waals surface area contributed by atoms with Gasteiger partial charge in [0.15, 0.2) is 11.5 Å². The van der Waals surface area contributed by atoms with Crippen LogP contribution in [0.1, 0.15) is 27.8 Å². The third-order valence-electron chi connectivity index (χ3n) is 5.57. The Hall–Kier alpha value is -4.25. The third-order valence-corrected chi connectivity index (χ3v) is 5.57. The molecule has 1 aliphatic heterocycles.